The van der Waals surface area contributed by atoms with Crippen LogP contribution < -0.4 is 14.8 Å². The van der Waals surface area contributed by atoms with Crippen molar-refractivity contribution in [1.29, 1.82) is 0 Å². The molecule has 0 bridgehead atoms. The summed E-state index contributed by atoms with van der Waals surface area (Å²) in [6.07, 6.45) is 5.05. The number of carbonyl (C=O) groups excluding carboxylic acids is 1. The number of aromatic nitrogens is 2. The number of nitrogens with zero attached hydrogens (tertiary/aromatic N) is 3. The number of likely N-dealkylation sites (tertiary alicyclic amines) is 1. The van der Waals surface area contributed by atoms with Gasteiger partial charge in [-0.05, 0) is 49.7 Å². The molecule has 2 heterocycles. The van der Waals surface area contributed by atoms with E-state index in [2.05, 4.69) is 22.2 Å². The summed E-state index contributed by atoms with van der Waals surface area (Å²) in [5.74, 6) is 1.95. The molecule has 1 saturated heterocycles. The number of ether oxygens (including phenoxy) is 2. The van der Waals surface area contributed by atoms with Gasteiger partial charge in [-0.2, -0.15) is 0 Å². The van der Waals surface area contributed by atoms with Crippen molar-refractivity contribution in [3.8, 4) is 23.0 Å². The number of unbranched alkanes of at least 4 members (excludes halogenated alkanes) is 2. The number of carbonyl (C=O) groups is 1. The number of nitrogens with one attached hydrogen (secondary N) is 1. The van der Waals surface area contributed by atoms with E-state index in [9.17, 15) is 4.79 Å². The number of hydrogen-bond acceptors (Lipinski definition) is 7. The van der Waals surface area contributed by atoms with E-state index < -0.39 is 0 Å². The average molecular weight is 449 g/mol. The largest absolute Gasteiger partial charge is 0.493 e. The van der Waals surface area contributed by atoms with Gasteiger partial charge in [0.05, 0.1) is 20.9 Å². The van der Waals surface area contributed by atoms with Crippen LogP contribution in [0.5, 0.6) is 11.5 Å². The van der Waals surface area contributed by atoms with E-state index >= 15 is 0 Å². The molecule has 1 aromatic carbocycles. The lowest BCUT2D eigenvalue weighted by atomic mass is 9.96. The summed E-state index contributed by atoms with van der Waals surface area (Å²) in [7, 11) is 3.18. The second-order valence-electron chi connectivity index (χ2n) is 7.77. The Bertz CT molecular complexity index is 918. The lowest BCUT2D eigenvalue weighted by Gasteiger charge is -2.30. The predicted molar refractivity (Wildman–Crippen MR) is 121 cm³/mol. The maximum absolute atomic E-state index is 12.3. The molecular weight excluding hydrogens is 416 g/mol. The van der Waals surface area contributed by atoms with Gasteiger partial charge in [-0.15, -0.1) is 5.10 Å². The van der Waals surface area contributed by atoms with Crippen molar-refractivity contribution in [2.24, 2.45) is 5.92 Å². The maximum atomic E-state index is 12.3. The second-order valence-corrected chi connectivity index (χ2v) is 8.12. The summed E-state index contributed by atoms with van der Waals surface area (Å²) in [6.45, 7) is 5.14. The standard InChI is InChI=1S/C22H32N4O4S/c1-4-5-6-11-23-20(27)16-9-12-25(13-10-16)15-26-22(31)30-21(24-26)17-7-8-18(28-2)19(14-17)29-3/h7-8,14,16H,4-6,9-13,15H2,1-3H3,(H,23,27). The minimum atomic E-state index is 0.0884. The smallest absolute Gasteiger partial charge is 0.288 e. The van der Waals surface area contributed by atoms with E-state index in [1.54, 1.807) is 18.9 Å². The Morgan fingerprint density at radius 2 is 1.97 bits per heavy atom. The number of hydrogen-bond donors (Lipinski definition) is 1. The van der Waals surface area contributed by atoms with Crippen molar-refractivity contribution in [3.63, 3.8) is 0 Å². The molecule has 1 fully saturated rings. The zero-order valence-corrected chi connectivity index (χ0v) is 19.4. The highest BCUT2D eigenvalue weighted by Gasteiger charge is 2.25. The molecule has 0 unspecified atom stereocenters. The fourth-order valence-electron chi connectivity index (χ4n) is 3.74. The van der Waals surface area contributed by atoms with Crippen molar-refractivity contribution in [1.82, 2.24) is 20.0 Å². The maximum Gasteiger partial charge on any atom is 0.288 e. The lowest BCUT2D eigenvalue weighted by molar-refractivity contribution is -0.126. The van der Waals surface area contributed by atoms with E-state index in [4.69, 9.17) is 26.1 Å². The summed E-state index contributed by atoms with van der Waals surface area (Å²) in [4.78, 5) is 14.9. The first kappa shape index (κ1) is 23.3. The highest BCUT2D eigenvalue weighted by atomic mass is 32.1. The lowest BCUT2D eigenvalue weighted by Crippen LogP contribution is -2.41. The van der Waals surface area contributed by atoms with Crippen LogP contribution in [0.2, 0.25) is 0 Å². The molecule has 0 saturated carbocycles. The van der Waals surface area contributed by atoms with Gasteiger partial charge in [0, 0.05) is 31.1 Å². The highest BCUT2D eigenvalue weighted by molar-refractivity contribution is 7.71. The van der Waals surface area contributed by atoms with Crippen molar-refractivity contribution in [3.05, 3.63) is 23.0 Å². The first-order chi connectivity index (χ1) is 15.0. The first-order valence-electron chi connectivity index (χ1n) is 10.9. The number of benzene rings is 1. The molecule has 9 heteroatoms. The SMILES string of the molecule is CCCCCNC(=O)C1CCN(Cn2nc(-c3ccc(OC)c(OC)c3)oc2=S)CC1. The van der Waals surface area contributed by atoms with E-state index in [1.807, 2.05) is 18.2 Å². The van der Waals surface area contributed by atoms with E-state index in [-0.39, 0.29) is 11.8 Å². The Kier molecular flexibility index (Phi) is 8.48. The Labute approximate surface area is 188 Å². The van der Waals surface area contributed by atoms with Crippen LogP contribution >= 0.6 is 12.2 Å². The third-order valence-electron chi connectivity index (χ3n) is 5.61. The minimum absolute atomic E-state index is 0.0884. The summed E-state index contributed by atoms with van der Waals surface area (Å²) in [5.41, 5.74) is 0.765. The van der Waals surface area contributed by atoms with Crippen LogP contribution in [0.3, 0.4) is 0 Å². The van der Waals surface area contributed by atoms with E-state index in [0.717, 1.165) is 57.3 Å². The number of piperidine rings is 1. The van der Waals surface area contributed by atoms with Crippen molar-refractivity contribution >= 4 is 18.1 Å². The van der Waals surface area contributed by atoms with Gasteiger partial charge in [-0.25, -0.2) is 4.68 Å². The number of amides is 1. The van der Waals surface area contributed by atoms with Gasteiger partial charge in [0.1, 0.15) is 0 Å². The first-order valence-corrected chi connectivity index (χ1v) is 11.3. The molecule has 8 nitrogen and oxygen atoms in total. The molecule has 31 heavy (non-hydrogen) atoms. The van der Waals surface area contributed by atoms with Gasteiger partial charge >= 0.3 is 0 Å². The zero-order chi connectivity index (χ0) is 22.2. The summed E-state index contributed by atoms with van der Waals surface area (Å²) in [6, 6.07) is 5.48. The van der Waals surface area contributed by atoms with E-state index in [0.29, 0.717) is 28.9 Å². The van der Waals surface area contributed by atoms with Gasteiger partial charge < -0.3 is 19.2 Å². The molecule has 0 spiro atoms. The van der Waals surface area contributed by atoms with E-state index in [1.165, 1.54) is 0 Å². The Hall–Kier alpha value is -2.39. The molecule has 1 aliphatic rings. The Balaban J connectivity index is 1.56. The Morgan fingerprint density at radius 1 is 1.23 bits per heavy atom. The molecular formula is C22H32N4O4S. The van der Waals surface area contributed by atoms with Gasteiger partial charge in [0.25, 0.3) is 4.84 Å². The van der Waals surface area contributed by atoms with Crippen LogP contribution in [-0.2, 0) is 11.5 Å². The molecule has 170 valence electrons. The third kappa shape index (κ3) is 6.07. The van der Waals surface area contributed by atoms with Gasteiger partial charge in [-0.1, -0.05) is 19.8 Å². The summed E-state index contributed by atoms with van der Waals surface area (Å²) in [5, 5.41) is 7.62. The third-order valence-corrected chi connectivity index (χ3v) is 5.90. The molecule has 1 amide bonds. The molecule has 1 N–H and O–H groups in total. The highest BCUT2D eigenvalue weighted by Crippen LogP contribution is 2.31. The minimum Gasteiger partial charge on any atom is -0.493 e. The van der Waals surface area contributed by atoms with Crippen LogP contribution in [0.1, 0.15) is 39.0 Å². The molecule has 0 radical (unpaired) electrons. The van der Waals surface area contributed by atoms with Crippen molar-refractivity contribution in [2.75, 3.05) is 33.9 Å². The quantitative estimate of drug-likeness (QED) is 0.436. The molecule has 0 atom stereocenters. The fourth-order valence-corrected chi connectivity index (χ4v) is 3.92. The van der Waals surface area contributed by atoms with Gasteiger partial charge in [0.15, 0.2) is 11.5 Å². The van der Waals surface area contributed by atoms with Crippen LogP contribution in [-0.4, -0.2) is 54.4 Å². The second kappa shape index (κ2) is 11.3. The predicted octanol–water partition coefficient (Wildman–Crippen LogP) is 3.87. The zero-order valence-electron chi connectivity index (χ0n) is 18.6. The number of methoxy groups -OCH3 is 2. The normalized spacial score (nSPS) is 15.1. The van der Waals surface area contributed by atoms with Crippen LogP contribution in [0, 0.1) is 10.8 Å². The fraction of sp³-hybridized carbons (Fsp3) is 0.591. The van der Waals surface area contributed by atoms with Gasteiger partial charge in [-0.3, -0.25) is 9.69 Å². The van der Waals surface area contributed by atoms with Crippen LogP contribution in [0.4, 0.5) is 0 Å². The number of rotatable bonds is 10. The summed E-state index contributed by atoms with van der Waals surface area (Å²) < 4.78 is 18.0. The summed E-state index contributed by atoms with van der Waals surface area (Å²) >= 11 is 5.37. The molecule has 2 aromatic rings. The van der Waals surface area contributed by atoms with Crippen LogP contribution in [0.25, 0.3) is 11.5 Å². The van der Waals surface area contributed by atoms with Crippen molar-refractivity contribution in [2.45, 2.75) is 45.7 Å². The molecule has 3 rings (SSSR count). The molecule has 1 aliphatic heterocycles. The topological polar surface area (TPSA) is 81.8 Å². The van der Waals surface area contributed by atoms with Gasteiger partial charge in [0.2, 0.25) is 11.8 Å². The van der Waals surface area contributed by atoms with Crippen molar-refractivity contribution < 1.29 is 18.7 Å². The van der Waals surface area contributed by atoms with Crippen LogP contribution in [0.15, 0.2) is 22.6 Å². The monoisotopic (exact) mass is 448 g/mol. The molecule has 0 aliphatic carbocycles. The average Bonchev–Trinajstić information content (AvgIpc) is 3.16. The molecule has 1 aromatic heterocycles. The Morgan fingerprint density at radius 3 is 2.65 bits per heavy atom.